The van der Waals surface area contributed by atoms with E-state index in [-0.39, 0.29) is 23.8 Å². The number of rotatable bonds is 4. The fraction of sp³-hybridized carbons (Fsp3) is 0.737. The molecule has 2 atom stereocenters. The number of amides is 2. The Labute approximate surface area is 149 Å². The van der Waals surface area contributed by atoms with E-state index in [0.29, 0.717) is 18.9 Å². The lowest BCUT2D eigenvalue weighted by molar-refractivity contribution is -0.136. The van der Waals surface area contributed by atoms with Gasteiger partial charge in [0.15, 0.2) is 0 Å². The van der Waals surface area contributed by atoms with Gasteiger partial charge >= 0.3 is 0 Å². The summed E-state index contributed by atoms with van der Waals surface area (Å²) < 4.78 is 1.90. The first-order chi connectivity index (χ1) is 12.0. The lowest BCUT2D eigenvalue weighted by atomic mass is 10.0. The molecule has 1 aromatic rings. The van der Waals surface area contributed by atoms with Crippen LogP contribution in [0.2, 0.25) is 0 Å². The van der Waals surface area contributed by atoms with Crippen molar-refractivity contribution in [1.29, 1.82) is 0 Å². The van der Waals surface area contributed by atoms with Crippen LogP contribution in [0.15, 0.2) is 0 Å². The Kier molecular flexibility index (Phi) is 4.08. The molecular weight excluding hydrogens is 316 g/mol. The standard InChI is InChI=1S/C19H28N4O2/c1-12-18(13(2)21(3)20-12)16-5-4-8-23(16)19(25)15-9-17(24)22(11-15)10-14-6-7-14/h14-16H,4-11H2,1-3H3/t15-,16-/m0/s1. The first-order valence-corrected chi connectivity index (χ1v) is 9.54. The zero-order valence-corrected chi connectivity index (χ0v) is 15.5. The summed E-state index contributed by atoms with van der Waals surface area (Å²) in [5.41, 5.74) is 3.36. The third-order valence-corrected chi connectivity index (χ3v) is 6.17. The monoisotopic (exact) mass is 344 g/mol. The number of aromatic nitrogens is 2. The van der Waals surface area contributed by atoms with Gasteiger partial charge in [-0.3, -0.25) is 14.3 Å². The maximum Gasteiger partial charge on any atom is 0.228 e. The zero-order valence-electron chi connectivity index (χ0n) is 15.5. The van der Waals surface area contributed by atoms with Crippen LogP contribution in [0.25, 0.3) is 0 Å². The number of hydrogen-bond acceptors (Lipinski definition) is 3. The van der Waals surface area contributed by atoms with Gasteiger partial charge in [0.05, 0.1) is 17.7 Å². The first-order valence-electron chi connectivity index (χ1n) is 9.54. The predicted octanol–water partition coefficient (Wildman–Crippen LogP) is 1.96. The average Bonchev–Trinajstić information content (AvgIpc) is 3.02. The molecule has 0 unspecified atom stereocenters. The van der Waals surface area contributed by atoms with Crippen molar-refractivity contribution in [3.63, 3.8) is 0 Å². The van der Waals surface area contributed by atoms with Crippen LogP contribution in [-0.4, -0.2) is 51.0 Å². The molecule has 136 valence electrons. The molecule has 0 N–H and O–H groups in total. The highest BCUT2D eigenvalue weighted by atomic mass is 16.2. The van der Waals surface area contributed by atoms with Gasteiger partial charge in [0.2, 0.25) is 11.8 Å². The van der Waals surface area contributed by atoms with Crippen molar-refractivity contribution in [1.82, 2.24) is 19.6 Å². The van der Waals surface area contributed by atoms with E-state index in [4.69, 9.17) is 0 Å². The highest BCUT2D eigenvalue weighted by molar-refractivity contribution is 5.89. The number of carbonyl (C=O) groups excluding carboxylic acids is 2. The third-order valence-electron chi connectivity index (χ3n) is 6.17. The molecule has 1 aliphatic carbocycles. The molecule has 25 heavy (non-hydrogen) atoms. The Balaban J connectivity index is 1.50. The van der Waals surface area contributed by atoms with Gasteiger partial charge in [0, 0.05) is 44.4 Å². The van der Waals surface area contributed by atoms with E-state index in [0.717, 1.165) is 37.3 Å². The van der Waals surface area contributed by atoms with Crippen LogP contribution in [0.5, 0.6) is 0 Å². The van der Waals surface area contributed by atoms with Gasteiger partial charge in [-0.1, -0.05) is 0 Å². The second-order valence-electron chi connectivity index (χ2n) is 8.04. The van der Waals surface area contributed by atoms with Gasteiger partial charge in [-0.15, -0.1) is 0 Å². The molecule has 0 aromatic carbocycles. The Morgan fingerprint density at radius 3 is 2.64 bits per heavy atom. The molecule has 0 spiro atoms. The molecule has 3 heterocycles. The van der Waals surface area contributed by atoms with E-state index < -0.39 is 0 Å². The minimum atomic E-state index is -0.163. The van der Waals surface area contributed by atoms with Gasteiger partial charge in [-0.2, -0.15) is 5.10 Å². The van der Waals surface area contributed by atoms with E-state index in [1.54, 1.807) is 0 Å². The minimum absolute atomic E-state index is 0.119. The summed E-state index contributed by atoms with van der Waals surface area (Å²) in [6, 6.07) is 0.119. The number of likely N-dealkylation sites (tertiary alicyclic amines) is 2. The van der Waals surface area contributed by atoms with Crippen LogP contribution in [0.4, 0.5) is 0 Å². The van der Waals surface area contributed by atoms with Gasteiger partial charge < -0.3 is 9.80 Å². The van der Waals surface area contributed by atoms with E-state index in [9.17, 15) is 9.59 Å². The van der Waals surface area contributed by atoms with Gasteiger partial charge in [-0.25, -0.2) is 0 Å². The van der Waals surface area contributed by atoms with Crippen molar-refractivity contribution < 1.29 is 9.59 Å². The molecule has 1 aromatic heterocycles. The maximum absolute atomic E-state index is 13.2. The van der Waals surface area contributed by atoms with Gasteiger partial charge in [0.25, 0.3) is 0 Å². The minimum Gasteiger partial charge on any atom is -0.342 e. The Bertz CT molecular complexity index is 707. The lowest BCUT2D eigenvalue weighted by Gasteiger charge is -2.28. The summed E-state index contributed by atoms with van der Waals surface area (Å²) in [4.78, 5) is 29.4. The van der Waals surface area contributed by atoms with Crippen LogP contribution in [0.3, 0.4) is 0 Å². The molecule has 3 aliphatic rings. The second kappa shape index (κ2) is 6.15. The van der Waals surface area contributed by atoms with Crippen molar-refractivity contribution in [2.45, 2.75) is 52.0 Å². The number of nitrogens with zero attached hydrogens (tertiary/aromatic N) is 4. The summed E-state index contributed by atoms with van der Waals surface area (Å²) >= 11 is 0. The van der Waals surface area contributed by atoms with E-state index in [1.807, 2.05) is 28.5 Å². The second-order valence-corrected chi connectivity index (χ2v) is 8.04. The molecule has 0 bridgehead atoms. The Morgan fingerprint density at radius 1 is 1.24 bits per heavy atom. The summed E-state index contributed by atoms with van der Waals surface area (Å²) in [7, 11) is 1.96. The van der Waals surface area contributed by atoms with Crippen LogP contribution in [0.1, 0.15) is 55.1 Å². The molecule has 6 nitrogen and oxygen atoms in total. The van der Waals surface area contributed by atoms with Crippen molar-refractivity contribution in [2.24, 2.45) is 18.9 Å². The van der Waals surface area contributed by atoms with E-state index in [1.165, 1.54) is 18.4 Å². The summed E-state index contributed by atoms with van der Waals surface area (Å²) in [6.07, 6.45) is 4.87. The lowest BCUT2D eigenvalue weighted by Crippen LogP contribution is -2.37. The van der Waals surface area contributed by atoms with Gasteiger partial charge in [0.1, 0.15) is 0 Å². The Morgan fingerprint density at radius 2 is 2.00 bits per heavy atom. The molecule has 2 aliphatic heterocycles. The first kappa shape index (κ1) is 16.6. The number of carbonyl (C=O) groups is 2. The molecule has 2 amide bonds. The summed E-state index contributed by atoms with van der Waals surface area (Å²) in [5, 5.41) is 4.53. The molecule has 1 saturated carbocycles. The van der Waals surface area contributed by atoms with Crippen molar-refractivity contribution >= 4 is 11.8 Å². The molecule has 4 rings (SSSR count). The van der Waals surface area contributed by atoms with Crippen LogP contribution in [-0.2, 0) is 16.6 Å². The fourth-order valence-electron chi connectivity index (χ4n) is 4.56. The SMILES string of the molecule is Cc1nn(C)c(C)c1[C@@H]1CCCN1C(=O)[C@H]1CC(=O)N(CC2CC2)C1. The normalized spacial score (nSPS) is 26.8. The van der Waals surface area contributed by atoms with Crippen molar-refractivity contribution in [2.75, 3.05) is 19.6 Å². The maximum atomic E-state index is 13.2. The highest BCUT2D eigenvalue weighted by Gasteiger charge is 2.42. The molecular formula is C19H28N4O2. The molecule has 3 fully saturated rings. The highest BCUT2D eigenvalue weighted by Crippen LogP contribution is 2.38. The smallest absolute Gasteiger partial charge is 0.228 e. The topological polar surface area (TPSA) is 58.4 Å². The van der Waals surface area contributed by atoms with Crippen LogP contribution >= 0.6 is 0 Å². The van der Waals surface area contributed by atoms with Crippen LogP contribution in [0, 0.1) is 25.7 Å². The van der Waals surface area contributed by atoms with E-state index >= 15 is 0 Å². The predicted molar refractivity (Wildman–Crippen MR) is 93.8 cm³/mol. The summed E-state index contributed by atoms with van der Waals surface area (Å²) in [6.45, 7) is 6.37. The fourth-order valence-corrected chi connectivity index (χ4v) is 4.56. The number of hydrogen-bond donors (Lipinski definition) is 0. The zero-order chi connectivity index (χ0) is 17.7. The van der Waals surface area contributed by atoms with Gasteiger partial charge in [-0.05, 0) is 45.4 Å². The summed E-state index contributed by atoms with van der Waals surface area (Å²) in [5.74, 6) is 0.841. The molecule has 6 heteroatoms. The van der Waals surface area contributed by atoms with Crippen LogP contribution < -0.4 is 0 Å². The Hall–Kier alpha value is -1.85. The largest absolute Gasteiger partial charge is 0.342 e. The van der Waals surface area contributed by atoms with E-state index in [2.05, 4.69) is 12.0 Å². The van der Waals surface area contributed by atoms with Crippen molar-refractivity contribution in [3.05, 3.63) is 17.0 Å². The van der Waals surface area contributed by atoms with Crippen molar-refractivity contribution in [3.8, 4) is 0 Å². The third kappa shape index (κ3) is 2.96. The average molecular weight is 344 g/mol. The quantitative estimate of drug-likeness (QED) is 0.839. The molecule has 2 saturated heterocycles. The number of aryl methyl sites for hydroxylation is 2. The molecule has 0 radical (unpaired) electrons.